The van der Waals surface area contributed by atoms with Gasteiger partial charge in [-0.1, -0.05) is 24.3 Å². The third-order valence-corrected chi connectivity index (χ3v) is 3.51. The molecule has 128 valence electrons. The highest BCUT2D eigenvalue weighted by Crippen LogP contribution is 2.08. The number of carbonyl (C=O) groups is 2. The van der Waals surface area contributed by atoms with Crippen LogP contribution in [0.2, 0.25) is 0 Å². The minimum absolute atomic E-state index is 0.179. The van der Waals surface area contributed by atoms with Crippen molar-refractivity contribution in [2.24, 2.45) is 0 Å². The number of amides is 2. The molecule has 7 heteroatoms. The molecule has 1 aromatic carbocycles. The van der Waals surface area contributed by atoms with Gasteiger partial charge < -0.3 is 5.11 Å². The number of rotatable bonds is 9. The molecule has 1 N–H and O–H groups in total. The summed E-state index contributed by atoms with van der Waals surface area (Å²) in [5.74, 6) is -0.179. The second kappa shape index (κ2) is 9.34. The van der Waals surface area contributed by atoms with E-state index in [1.807, 2.05) is 24.3 Å². The van der Waals surface area contributed by atoms with Gasteiger partial charge in [-0.05, 0) is 12.0 Å². The molecule has 0 aliphatic carbocycles. The highest BCUT2D eigenvalue weighted by Gasteiger charge is 2.16. The Balaban J connectivity index is 2.45. The average Bonchev–Trinajstić information content (AvgIpc) is 2.57. The smallest absolute Gasteiger partial charge is 0.427 e. The van der Waals surface area contributed by atoms with Crippen molar-refractivity contribution in [3.05, 3.63) is 35.4 Å². The summed E-state index contributed by atoms with van der Waals surface area (Å²) in [6, 6.07) is 7.86. The van der Waals surface area contributed by atoms with Gasteiger partial charge in [0.15, 0.2) is 13.3 Å². The third-order valence-electron chi connectivity index (χ3n) is 3.51. The van der Waals surface area contributed by atoms with Gasteiger partial charge in [-0.25, -0.2) is 9.37 Å². The summed E-state index contributed by atoms with van der Waals surface area (Å²) in [4.78, 5) is 27.0. The second-order valence-electron chi connectivity index (χ2n) is 5.37. The van der Waals surface area contributed by atoms with Crippen molar-refractivity contribution in [1.82, 2.24) is 0 Å². The van der Waals surface area contributed by atoms with Gasteiger partial charge in [0, 0.05) is 10.3 Å². The van der Waals surface area contributed by atoms with Gasteiger partial charge in [-0.2, -0.15) is 4.79 Å². The fourth-order valence-corrected chi connectivity index (χ4v) is 1.98. The summed E-state index contributed by atoms with van der Waals surface area (Å²) in [6.07, 6.45) is -0.124. The van der Waals surface area contributed by atoms with E-state index >= 15 is 0 Å². The molecular weight excluding hydrogens is 310 g/mol. The van der Waals surface area contributed by atoms with Crippen LogP contribution < -0.4 is 0 Å². The Labute approximate surface area is 141 Å². The molecule has 0 aliphatic heterocycles. The maximum atomic E-state index is 11.6. The number of nitrogens with zero attached hydrogens (tertiary/aromatic N) is 3. The predicted molar refractivity (Wildman–Crippen MR) is 90.4 cm³/mol. The maximum absolute atomic E-state index is 11.6. The molecule has 0 saturated carbocycles. The molecule has 0 fully saturated rings. The Kier molecular flexibility index (Phi) is 7.48. The fourth-order valence-electron chi connectivity index (χ4n) is 1.98. The van der Waals surface area contributed by atoms with Gasteiger partial charge in [-0.15, -0.1) is 4.58 Å². The summed E-state index contributed by atoms with van der Waals surface area (Å²) < 4.78 is 3.72. The highest BCUT2D eigenvalue weighted by atomic mass is 16.7. The summed E-state index contributed by atoms with van der Waals surface area (Å²) in [7, 11) is 1.40. The van der Waals surface area contributed by atoms with Crippen molar-refractivity contribution in [3.63, 3.8) is 0 Å². The summed E-state index contributed by atoms with van der Waals surface area (Å²) in [5.41, 5.74) is 2.10. The largest absolute Gasteiger partial charge is 0.593 e. The van der Waals surface area contributed by atoms with Gasteiger partial charge in [-0.3, -0.25) is 4.84 Å². The Morgan fingerprint density at radius 3 is 2.21 bits per heavy atom. The van der Waals surface area contributed by atoms with Crippen LogP contribution in [0.3, 0.4) is 0 Å². The van der Waals surface area contributed by atoms with E-state index in [9.17, 15) is 9.59 Å². The zero-order chi connectivity index (χ0) is 18.1. The van der Waals surface area contributed by atoms with Crippen LogP contribution >= 0.6 is 0 Å². The lowest BCUT2D eigenvalue weighted by Crippen LogP contribution is -2.25. The van der Waals surface area contributed by atoms with E-state index in [1.165, 1.54) is 7.11 Å². The van der Waals surface area contributed by atoms with Crippen LogP contribution in [0.25, 0.3) is 0 Å². The maximum Gasteiger partial charge on any atom is 0.593 e. The first kappa shape index (κ1) is 19.2. The topological polar surface area (TPSA) is 72.6 Å². The fraction of sp³-hybridized carbons (Fsp3) is 0.353. The molecule has 0 bridgehead atoms. The molecule has 0 aromatic heterocycles. The number of hydrogen-bond donors (Lipinski definition) is 1. The van der Waals surface area contributed by atoms with Crippen LogP contribution in [-0.2, 0) is 22.6 Å². The van der Waals surface area contributed by atoms with E-state index in [-0.39, 0.29) is 5.91 Å². The van der Waals surface area contributed by atoms with E-state index in [2.05, 4.69) is 20.2 Å². The number of aryl methyl sites for hydroxylation is 1. The van der Waals surface area contributed by atoms with Gasteiger partial charge in [0.2, 0.25) is 13.1 Å². The molecule has 1 rings (SSSR count). The first-order chi connectivity index (χ1) is 11.3. The number of hydroxylamine groups is 1. The normalized spacial score (nSPS) is 10.0. The highest BCUT2D eigenvalue weighted by molar-refractivity contribution is 5.68. The van der Waals surface area contributed by atoms with E-state index in [4.69, 9.17) is 9.94 Å². The van der Waals surface area contributed by atoms with Crippen molar-refractivity contribution >= 4 is 32.2 Å². The van der Waals surface area contributed by atoms with E-state index < -0.39 is 6.09 Å². The molecule has 0 saturated heterocycles. The first-order valence-electron chi connectivity index (χ1n) is 7.45. The van der Waals surface area contributed by atoms with Crippen molar-refractivity contribution < 1.29 is 33.4 Å². The van der Waals surface area contributed by atoms with Crippen LogP contribution in [0.15, 0.2) is 24.3 Å². The molecule has 0 spiro atoms. The molecule has 1 aromatic rings. The Morgan fingerprint density at radius 2 is 1.67 bits per heavy atom. The van der Waals surface area contributed by atoms with Crippen molar-refractivity contribution in [2.75, 3.05) is 20.2 Å². The molecule has 2 amide bonds. The lowest BCUT2D eigenvalue weighted by Gasteiger charge is -2.03. The molecule has 0 aliphatic rings. The SMILES string of the molecule is C=[N+](CC[N+](=C)C(=O)O)Cc1ccc(CCC(=O)[N+](=C)OC)cc1. The predicted octanol–water partition coefficient (Wildman–Crippen LogP) is 1.02. The van der Waals surface area contributed by atoms with Crippen LogP contribution in [-0.4, -0.2) is 71.3 Å². The lowest BCUT2D eigenvalue weighted by atomic mass is 10.1. The molecule has 0 heterocycles. The minimum atomic E-state index is -1.06. The van der Waals surface area contributed by atoms with E-state index in [1.54, 1.807) is 4.58 Å². The van der Waals surface area contributed by atoms with Gasteiger partial charge >= 0.3 is 12.0 Å². The molecule has 24 heavy (non-hydrogen) atoms. The monoisotopic (exact) mass is 334 g/mol. The van der Waals surface area contributed by atoms with Gasteiger partial charge in [0.05, 0.1) is 6.42 Å². The number of carbonyl (C=O) groups excluding carboxylic acids is 1. The Morgan fingerprint density at radius 1 is 1.08 bits per heavy atom. The van der Waals surface area contributed by atoms with Crippen molar-refractivity contribution in [1.29, 1.82) is 0 Å². The van der Waals surface area contributed by atoms with Gasteiger partial charge in [0.1, 0.15) is 20.5 Å². The summed E-state index contributed by atoms with van der Waals surface area (Å²) >= 11 is 0. The molecule has 7 nitrogen and oxygen atoms in total. The van der Waals surface area contributed by atoms with Crippen LogP contribution in [0.4, 0.5) is 4.79 Å². The number of carboxylic acid groups (broad SMARTS) is 1. The average molecular weight is 334 g/mol. The number of hydrogen-bond acceptors (Lipinski definition) is 3. The quantitative estimate of drug-likeness (QED) is 0.416. The van der Waals surface area contributed by atoms with E-state index in [0.717, 1.165) is 20.4 Å². The van der Waals surface area contributed by atoms with Gasteiger partial charge in [0.25, 0.3) is 0 Å². The Hall–Kier alpha value is -2.83. The standard InChI is InChI=1S/C17H23N3O4/c1-18(11-12-19(2)17(22)23)13-15-7-5-14(6-8-15)9-10-16(21)20(3)24-4/h5-8H,1-3,9-13H2,4H3/q+2/p+1. The number of benzene rings is 1. The Bertz CT molecular complexity index is 650. The van der Waals surface area contributed by atoms with E-state index in [0.29, 0.717) is 32.5 Å². The molecule has 0 atom stereocenters. The van der Waals surface area contributed by atoms with Crippen molar-refractivity contribution in [3.8, 4) is 0 Å². The van der Waals surface area contributed by atoms with Crippen molar-refractivity contribution in [2.45, 2.75) is 19.4 Å². The zero-order valence-electron chi connectivity index (χ0n) is 14.0. The molecule has 0 radical (unpaired) electrons. The van der Waals surface area contributed by atoms with Crippen LogP contribution in [0, 0.1) is 0 Å². The van der Waals surface area contributed by atoms with Crippen LogP contribution in [0.1, 0.15) is 17.5 Å². The third kappa shape index (κ3) is 6.51. The molecular formula is C17H24N3O4+3. The minimum Gasteiger partial charge on any atom is -0.427 e. The second-order valence-corrected chi connectivity index (χ2v) is 5.37. The summed E-state index contributed by atoms with van der Waals surface area (Å²) in [5, 5.41) is 8.74. The summed E-state index contributed by atoms with van der Waals surface area (Å²) in [6.45, 7) is 12.1. The lowest BCUT2D eigenvalue weighted by molar-refractivity contribution is -0.706. The zero-order valence-corrected chi connectivity index (χ0v) is 14.0. The first-order valence-corrected chi connectivity index (χ1v) is 7.45. The molecule has 0 unspecified atom stereocenters. The van der Waals surface area contributed by atoms with Crippen LogP contribution in [0.5, 0.6) is 0 Å².